The van der Waals surface area contributed by atoms with Crippen molar-refractivity contribution >= 4 is 11.6 Å². The molecule has 1 aromatic heterocycles. The van der Waals surface area contributed by atoms with Gasteiger partial charge >= 0.3 is 0 Å². The highest BCUT2D eigenvalue weighted by atomic mass is 35.5. The normalized spacial score (nSPS) is 23.4. The van der Waals surface area contributed by atoms with E-state index in [0.717, 1.165) is 5.56 Å². The zero-order valence-corrected chi connectivity index (χ0v) is 10.2. The van der Waals surface area contributed by atoms with E-state index in [9.17, 15) is 0 Å². The first-order valence-corrected chi connectivity index (χ1v) is 5.96. The molecule has 2 unspecified atom stereocenters. The van der Waals surface area contributed by atoms with Crippen molar-refractivity contribution in [3.8, 4) is 11.4 Å². The minimum absolute atomic E-state index is 0.0476. The van der Waals surface area contributed by atoms with Crippen LogP contribution in [0.3, 0.4) is 0 Å². The fourth-order valence-corrected chi connectivity index (χ4v) is 1.96. The van der Waals surface area contributed by atoms with E-state index >= 15 is 0 Å². The highest BCUT2D eigenvalue weighted by Gasteiger charge is 2.27. The molecular formula is C11H12ClN5O. The van der Waals surface area contributed by atoms with E-state index in [4.69, 9.17) is 21.9 Å². The lowest BCUT2D eigenvalue weighted by Crippen LogP contribution is -2.36. The molecule has 3 rings (SSSR count). The summed E-state index contributed by atoms with van der Waals surface area (Å²) in [6.07, 6.45) is 0.614. The van der Waals surface area contributed by atoms with Crippen LogP contribution in [0.1, 0.15) is 18.4 Å². The summed E-state index contributed by atoms with van der Waals surface area (Å²) in [6, 6.07) is 7.23. The third-order valence-corrected chi connectivity index (χ3v) is 3.03. The molecule has 0 saturated carbocycles. The van der Waals surface area contributed by atoms with Gasteiger partial charge in [0, 0.05) is 17.0 Å². The number of halogens is 1. The van der Waals surface area contributed by atoms with Crippen molar-refractivity contribution in [2.75, 3.05) is 0 Å². The molecular weight excluding hydrogens is 254 g/mol. The molecule has 6 nitrogen and oxygen atoms in total. The van der Waals surface area contributed by atoms with Gasteiger partial charge in [-0.25, -0.2) is 10.9 Å². The van der Waals surface area contributed by atoms with Crippen molar-refractivity contribution in [1.82, 2.24) is 21.0 Å². The van der Waals surface area contributed by atoms with Gasteiger partial charge in [0.2, 0.25) is 11.7 Å². The van der Waals surface area contributed by atoms with E-state index in [-0.39, 0.29) is 12.2 Å². The van der Waals surface area contributed by atoms with E-state index in [1.54, 1.807) is 12.1 Å². The third kappa shape index (κ3) is 2.23. The van der Waals surface area contributed by atoms with Crippen LogP contribution in [0, 0.1) is 0 Å². The Morgan fingerprint density at radius 1 is 1.28 bits per heavy atom. The molecule has 18 heavy (non-hydrogen) atoms. The molecule has 1 aliphatic heterocycles. The molecule has 2 heterocycles. The number of hydrogen-bond acceptors (Lipinski definition) is 6. The molecule has 2 aromatic rings. The van der Waals surface area contributed by atoms with Crippen LogP contribution in [-0.2, 0) is 0 Å². The largest absolute Gasteiger partial charge is 0.337 e. The molecule has 0 spiro atoms. The topological polar surface area (TPSA) is 89.0 Å². The number of nitrogens with zero attached hydrogens (tertiary/aromatic N) is 2. The minimum atomic E-state index is -0.0964. The van der Waals surface area contributed by atoms with Crippen LogP contribution in [0.25, 0.3) is 11.4 Å². The van der Waals surface area contributed by atoms with Gasteiger partial charge in [0.05, 0.1) is 6.17 Å². The highest BCUT2D eigenvalue weighted by molar-refractivity contribution is 6.30. The van der Waals surface area contributed by atoms with Gasteiger partial charge in [-0.05, 0) is 24.3 Å². The van der Waals surface area contributed by atoms with Crippen LogP contribution in [0.4, 0.5) is 0 Å². The van der Waals surface area contributed by atoms with Crippen LogP contribution in [-0.4, -0.2) is 16.3 Å². The Morgan fingerprint density at radius 3 is 2.72 bits per heavy atom. The second kappa shape index (κ2) is 4.66. The summed E-state index contributed by atoms with van der Waals surface area (Å²) >= 11 is 5.83. The molecule has 0 bridgehead atoms. The van der Waals surface area contributed by atoms with E-state index in [2.05, 4.69) is 21.0 Å². The maximum absolute atomic E-state index is 5.83. The number of hydrogen-bond donors (Lipinski definition) is 3. The maximum atomic E-state index is 5.83. The number of nitrogens with one attached hydrogen (secondary N) is 2. The lowest BCUT2D eigenvalue weighted by molar-refractivity contribution is 0.340. The Balaban J connectivity index is 1.83. The Bertz CT molecular complexity index is 541. The first kappa shape index (κ1) is 11.6. The fraction of sp³-hybridized carbons (Fsp3) is 0.273. The molecule has 94 valence electrons. The summed E-state index contributed by atoms with van der Waals surface area (Å²) in [5, 5.41) is 4.62. The SMILES string of the molecule is NC1CC(c2nc(-c3ccc(Cl)cc3)no2)NN1. The number of nitrogens with two attached hydrogens (primary N) is 1. The van der Waals surface area contributed by atoms with Gasteiger partial charge in [0.1, 0.15) is 6.04 Å². The van der Waals surface area contributed by atoms with E-state index < -0.39 is 0 Å². The van der Waals surface area contributed by atoms with Crippen molar-refractivity contribution in [1.29, 1.82) is 0 Å². The Morgan fingerprint density at radius 2 is 2.06 bits per heavy atom. The smallest absolute Gasteiger partial charge is 0.245 e. The second-order valence-corrected chi connectivity index (χ2v) is 4.58. The predicted octanol–water partition coefficient (Wildman–Crippen LogP) is 1.21. The molecule has 0 radical (unpaired) electrons. The molecule has 0 aliphatic carbocycles. The van der Waals surface area contributed by atoms with Crippen molar-refractivity contribution < 1.29 is 4.52 Å². The average Bonchev–Trinajstić information content (AvgIpc) is 2.98. The van der Waals surface area contributed by atoms with Gasteiger partial charge < -0.3 is 10.3 Å². The van der Waals surface area contributed by atoms with Gasteiger partial charge in [-0.3, -0.25) is 0 Å². The van der Waals surface area contributed by atoms with Gasteiger partial charge in [-0.15, -0.1) is 0 Å². The zero-order valence-electron chi connectivity index (χ0n) is 9.43. The summed E-state index contributed by atoms with van der Waals surface area (Å²) in [7, 11) is 0. The van der Waals surface area contributed by atoms with Crippen LogP contribution >= 0.6 is 11.6 Å². The molecule has 1 aliphatic rings. The average molecular weight is 266 g/mol. The van der Waals surface area contributed by atoms with Crippen molar-refractivity contribution in [2.24, 2.45) is 5.73 Å². The number of benzene rings is 1. The molecule has 1 aromatic carbocycles. The standard InChI is InChI=1S/C11H12ClN5O/c12-7-3-1-6(2-4-7)10-14-11(18-17-10)8-5-9(13)16-15-8/h1-4,8-9,15-16H,5,13H2. The summed E-state index contributed by atoms with van der Waals surface area (Å²) in [5.74, 6) is 1.07. The lowest BCUT2D eigenvalue weighted by Gasteiger charge is -2.00. The molecule has 4 N–H and O–H groups in total. The predicted molar refractivity (Wildman–Crippen MR) is 66.3 cm³/mol. The summed E-state index contributed by atoms with van der Waals surface area (Å²) in [6.45, 7) is 0. The monoisotopic (exact) mass is 265 g/mol. The van der Waals surface area contributed by atoms with Gasteiger partial charge in [-0.1, -0.05) is 16.8 Å². The first-order valence-electron chi connectivity index (χ1n) is 5.58. The highest BCUT2D eigenvalue weighted by Crippen LogP contribution is 2.23. The lowest BCUT2D eigenvalue weighted by atomic mass is 10.2. The second-order valence-electron chi connectivity index (χ2n) is 4.15. The maximum Gasteiger partial charge on any atom is 0.245 e. The number of hydrazine groups is 1. The minimum Gasteiger partial charge on any atom is -0.337 e. The third-order valence-electron chi connectivity index (χ3n) is 2.77. The van der Waals surface area contributed by atoms with E-state index in [1.165, 1.54) is 0 Å². The molecule has 1 saturated heterocycles. The molecule has 7 heteroatoms. The van der Waals surface area contributed by atoms with Gasteiger partial charge in [0.15, 0.2) is 0 Å². The number of rotatable bonds is 2. The zero-order chi connectivity index (χ0) is 12.5. The summed E-state index contributed by atoms with van der Waals surface area (Å²) in [4.78, 5) is 4.35. The Kier molecular flexibility index (Phi) is 3.00. The first-order chi connectivity index (χ1) is 8.72. The van der Waals surface area contributed by atoms with Gasteiger partial charge in [-0.2, -0.15) is 4.98 Å². The molecule has 2 atom stereocenters. The van der Waals surface area contributed by atoms with Crippen LogP contribution in [0.15, 0.2) is 28.8 Å². The van der Waals surface area contributed by atoms with Crippen LogP contribution in [0.2, 0.25) is 5.02 Å². The van der Waals surface area contributed by atoms with Crippen LogP contribution in [0.5, 0.6) is 0 Å². The van der Waals surface area contributed by atoms with Crippen molar-refractivity contribution in [3.05, 3.63) is 35.2 Å². The van der Waals surface area contributed by atoms with Crippen LogP contribution < -0.4 is 16.6 Å². The van der Waals surface area contributed by atoms with E-state index in [1.807, 2.05) is 12.1 Å². The Labute approximate surface area is 108 Å². The Hall–Kier alpha value is -1.47. The quantitative estimate of drug-likeness (QED) is 0.756. The number of aromatic nitrogens is 2. The van der Waals surface area contributed by atoms with E-state index in [0.29, 0.717) is 23.2 Å². The summed E-state index contributed by atoms with van der Waals surface area (Å²) in [5.41, 5.74) is 12.5. The van der Waals surface area contributed by atoms with Gasteiger partial charge in [0.25, 0.3) is 0 Å². The molecule has 1 fully saturated rings. The van der Waals surface area contributed by atoms with Crippen molar-refractivity contribution in [2.45, 2.75) is 18.6 Å². The molecule has 0 amide bonds. The van der Waals surface area contributed by atoms with Crippen molar-refractivity contribution in [3.63, 3.8) is 0 Å². The fourth-order valence-electron chi connectivity index (χ4n) is 1.83. The summed E-state index contributed by atoms with van der Waals surface area (Å²) < 4.78 is 5.23.